The summed E-state index contributed by atoms with van der Waals surface area (Å²) in [6.45, 7) is 6.95. The molecule has 0 spiro atoms. The number of nitrogens with two attached hydrogens (primary N) is 1. The van der Waals surface area contributed by atoms with Gasteiger partial charge in [-0.25, -0.2) is 0 Å². The fourth-order valence-corrected chi connectivity index (χ4v) is 2.05. The molecule has 0 amide bonds. The Hall–Kier alpha value is -1.06. The number of rotatable bonds is 6. The third-order valence-corrected chi connectivity index (χ3v) is 3.07. The number of nitrogen functional groups attached to an aromatic ring is 1. The Morgan fingerprint density at radius 2 is 2.12 bits per heavy atom. The summed E-state index contributed by atoms with van der Waals surface area (Å²) in [4.78, 5) is 13.1. The first kappa shape index (κ1) is 14.0. The Kier molecular flexibility index (Phi) is 5.45. The molecule has 0 saturated carbocycles. The molecule has 0 bridgehead atoms. The highest BCUT2D eigenvalue weighted by Crippen LogP contribution is 2.25. The Morgan fingerprint density at radius 1 is 1.41 bits per heavy atom. The molecule has 0 fully saturated rings. The molecule has 0 atom stereocenters. The van der Waals surface area contributed by atoms with E-state index in [1.807, 2.05) is 6.07 Å². The van der Waals surface area contributed by atoms with Crippen LogP contribution in [0, 0.1) is 0 Å². The minimum absolute atomic E-state index is 0.456. The number of nitrogens with zero attached hydrogens (tertiary/aromatic N) is 1. The van der Waals surface area contributed by atoms with E-state index in [9.17, 15) is 4.79 Å². The topological polar surface area (TPSA) is 46.3 Å². The van der Waals surface area contributed by atoms with Gasteiger partial charge in [0.25, 0.3) is 0 Å². The molecule has 94 valence electrons. The van der Waals surface area contributed by atoms with Crippen LogP contribution in [-0.2, 0) is 6.54 Å². The van der Waals surface area contributed by atoms with E-state index in [4.69, 9.17) is 17.3 Å². The van der Waals surface area contributed by atoms with Gasteiger partial charge >= 0.3 is 0 Å². The fourth-order valence-electron chi connectivity index (χ4n) is 1.80. The average molecular weight is 255 g/mol. The van der Waals surface area contributed by atoms with E-state index in [1.54, 1.807) is 6.07 Å². The van der Waals surface area contributed by atoms with E-state index in [2.05, 4.69) is 18.7 Å². The molecule has 4 heteroatoms. The molecule has 0 unspecified atom stereocenters. The van der Waals surface area contributed by atoms with Crippen molar-refractivity contribution >= 4 is 23.6 Å². The lowest BCUT2D eigenvalue weighted by Gasteiger charge is -2.21. The van der Waals surface area contributed by atoms with Crippen LogP contribution in [0.15, 0.2) is 12.1 Å². The summed E-state index contributed by atoms with van der Waals surface area (Å²) < 4.78 is 0. The third-order valence-electron chi connectivity index (χ3n) is 2.75. The largest absolute Gasteiger partial charge is 0.397 e. The van der Waals surface area contributed by atoms with Gasteiger partial charge in [-0.1, -0.05) is 25.4 Å². The molecule has 3 nitrogen and oxygen atoms in total. The van der Waals surface area contributed by atoms with E-state index < -0.39 is 0 Å². The number of hydrogen-bond acceptors (Lipinski definition) is 3. The number of aldehydes is 1. The summed E-state index contributed by atoms with van der Waals surface area (Å²) >= 11 is 6.00. The van der Waals surface area contributed by atoms with E-state index in [0.29, 0.717) is 16.3 Å². The van der Waals surface area contributed by atoms with Crippen molar-refractivity contribution in [2.45, 2.75) is 26.8 Å². The SMILES string of the molecule is CCCN(CC)Cc1cc(C=O)cc(Cl)c1N. The number of hydrogen-bond donors (Lipinski definition) is 1. The fraction of sp³-hybridized carbons (Fsp3) is 0.462. The molecule has 17 heavy (non-hydrogen) atoms. The Balaban J connectivity index is 2.95. The van der Waals surface area contributed by atoms with Gasteiger partial charge < -0.3 is 5.73 Å². The minimum atomic E-state index is 0.456. The number of anilines is 1. The smallest absolute Gasteiger partial charge is 0.150 e. The van der Waals surface area contributed by atoms with Gasteiger partial charge in [0.05, 0.1) is 10.7 Å². The van der Waals surface area contributed by atoms with Gasteiger partial charge in [-0.15, -0.1) is 0 Å². The van der Waals surface area contributed by atoms with Crippen LogP contribution in [0.1, 0.15) is 36.2 Å². The highest BCUT2D eigenvalue weighted by molar-refractivity contribution is 6.33. The lowest BCUT2D eigenvalue weighted by molar-refractivity contribution is 0.112. The molecular formula is C13H19ClN2O. The summed E-state index contributed by atoms with van der Waals surface area (Å²) in [5.41, 5.74) is 8.01. The monoisotopic (exact) mass is 254 g/mol. The van der Waals surface area contributed by atoms with Crippen LogP contribution < -0.4 is 5.73 Å². The molecule has 0 aromatic heterocycles. The Morgan fingerprint density at radius 3 is 2.65 bits per heavy atom. The van der Waals surface area contributed by atoms with Crippen LogP contribution in [0.25, 0.3) is 0 Å². The number of halogens is 1. The lowest BCUT2D eigenvalue weighted by Crippen LogP contribution is -2.24. The summed E-state index contributed by atoms with van der Waals surface area (Å²) in [6, 6.07) is 3.41. The van der Waals surface area contributed by atoms with Gasteiger partial charge in [0.2, 0.25) is 0 Å². The highest BCUT2D eigenvalue weighted by atomic mass is 35.5. The van der Waals surface area contributed by atoms with Crippen LogP contribution in [0.2, 0.25) is 5.02 Å². The van der Waals surface area contributed by atoms with Gasteiger partial charge in [-0.2, -0.15) is 0 Å². The van der Waals surface area contributed by atoms with E-state index in [0.717, 1.165) is 37.9 Å². The van der Waals surface area contributed by atoms with Crippen molar-refractivity contribution in [3.8, 4) is 0 Å². The summed E-state index contributed by atoms with van der Waals surface area (Å²) in [5, 5.41) is 0.456. The maximum atomic E-state index is 10.8. The summed E-state index contributed by atoms with van der Waals surface area (Å²) in [6.07, 6.45) is 1.89. The maximum Gasteiger partial charge on any atom is 0.150 e. The number of carbonyl (C=O) groups excluding carboxylic acids is 1. The van der Waals surface area contributed by atoms with Gasteiger partial charge in [0.1, 0.15) is 6.29 Å². The predicted octanol–water partition coefficient (Wildman–Crippen LogP) is 2.97. The van der Waals surface area contributed by atoms with Crippen molar-refractivity contribution < 1.29 is 4.79 Å². The molecule has 0 aliphatic heterocycles. The first-order valence-corrected chi connectivity index (χ1v) is 6.25. The maximum absolute atomic E-state index is 10.8. The molecule has 0 aliphatic carbocycles. The van der Waals surface area contributed by atoms with Crippen LogP contribution >= 0.6 is 11.6 Å². The molecule has 0 saturated heterocycles. The zero-order valence-corrected chi connectivity index (χ0v) is 11.1. The number of benzene rings is 1. The zero-order chi connectivity index (χ0) is 12.8. The predicted molar refractivity (Wildman–Crippen MR) is 72.5 cm³/mol. The van der Waals surface area contributed by atoms with Crippen molar-refractivity contribution in [2.24, 2.45) is 0 Å². The van der Waals surface area contributed by atoms with Crippen molar-refractivity contribution in [2.75, 3.05) is 18.8 Å². The second-order valence-electron chi connectivity index (χ2n) is 4.06. The molecule has 2 N–H and O–H groups in total. The standard InChI is InChI=1S/C13H19ClN2O/c1-3-5-16(4-2)8-11-6-10(9-17)7-12(14)13(11)15/h6-7,9H,3-5,8,15H2,1-2H3. The molecule has 0 aliphatic rings. The van der Waals surface area contributed by atoms with Crippen molar-refractivity contribution in [3.05, 3.63) is 28.3 Å². The average Bonchev–Trinajstić information content (AvgIpc) is 2.33. The molecule has 1 aromatic carbocycles. The normalized spacial score (nSPS) is 10.8. The zero-order valence-electron chi connectivity index (χ0n) is 10.4. The van der Waals surface area contributed by atoms with Gasteiger partial charge in [0.15, 0.2) is 0 Å². The van der Waals surface area contributed by atoms with Gasteiger partial charge in [-0.05, 0) is 37.2 Å². The van der Waals surface area contributed by atoms with Crippen LogP contribution in [0.4, 0.5) is 5.69 Å². The number of carbonyl (C=O) groups is 1. The van der Waals surface area contributed by atoms with Gasteiger partial charge in [-0.3, -0.25) is 9.69 Å². The Bertz CT molecular complexity index is 393. The second kappa shape index (κ2) is 6.62. The molecular weight excluding hydrogens is 236 g/mol. The van der Waals surface area contributed by atoms with E-state index in [1.165, 1.54) is 0 Å². The van der Waals surface area contributed by atoms with Crippen LogP contribution in [-0.4, -0.2) is 24.3 Å². The van der Waals surface area contributed by atoms with E-state index in [-0.39, 0.29) is 0 Å². The first-order valence-electron chi connectivity index (χ1n) is 5.87. The molecule has 0 heterocycles. The molecule has 0 radical (unpaired) electrons. The first-order chi connectivity index (χ1) is 8.12. The quantitative estimate of drug-likeness (QED) is 0.627. The van der Waals surface area contributed by atoms with Crippen molar-refractivity contribution in [1.82, 2.24) is 4.90 Å². The van der Waals surface area contributed by atoms with E-state index >= 15 is 0 Å². The lowest BCUT2D eigenvalue weighted by atomic mass is 10.1. The Labute approximate surface area is 108 Å². The van der Waals surface area contributed by atoms with Crippen LogP contribution in [0.3, 0.4) is 0 Å². The molecule has 1 rings (SSSR count). The summed E-state index contributed by atoms with van der Waals surface area (Å²) in [5.74, 6) is 0. The van der Waals surface area contributed by atoms with Crippen molar-refractivity contribution in [3.63, 3.8) is 0 Å². The summed E-state index contributed by atoms with van der Waals surface area (Å²) in [7, 11) is 0. The van der Waals surface area contributed by atoms with Gasteiger partial charge in [0, 0.05) is 12.1 Å². The third kappa shape index (κ3) is 3.72. The highest BCUT2D eigenvalue weighted by Gasteiger charge is 2.10. The van der Waals surface area contributed by atoms with Crippen molar-refractivity contribution in [1.29, 1.82) is 0 Å². The second-order valence-corrected chi connectivity index (χ2v) is 4.47. The molecule has 1 aromatic rings. The minimum Gasteiger partial charge on any atom is -0.397 e. The van der Waals surface area contributed by atoms with Crippen LogP contribution in [0.5, 0.6) is 0 Å².